The number of benzene rings is 2. The van der Waals surface area contributed by atoms with Crippen molar-refractivity contribution in [2.75, 3.05) is 5.32 Å². The second kappa shape index (κ2) is 6.13. The molecule has 1 heteroatoms. The molecule has 0 aliphatic heterocycles. The van der Waals surface area contributed by atoms with Crippen LogP contribution >= 0.6 is 0 Å². The van der Waals surface area contributed by atoms with E-state index in [2.05, 4.69) is 81.5 Å². The molecule has 0 amide bonds. The van der Waals surface area contributed by atoms with Crippen LogP contribution in [-0.2, 0) is 5.41 Å². The summed E-state index contributed by atoms with van der Waals surface area (Å²) in [4.78, 5) is 0. The number of anilines is 2. The van der Waals surface area contributed by atoms with E-state index < -0.39 is 0 Å². The van der Waals surface area contributed by atoms with Crippen LogP contribution in [0.2, 0.25) is 0 Å². The van der Waals surface area contributed by atoms with E-state index in [0.717, 1.165) is 11.4 Å². The predicted molar refractivity (Wildman–Crippen MR) is 88.8 cm³/mol. The largest absolute Gasteiger partial charge is 0.356 e. The van der Waals surface area contributed by atoms with Crippen LogP contribution in [0.4, 0.5) is 11.4 Å². The third-order valence-corrected chi connectivity index (χ3v) is 4.48. The van der Waals surface area contributed by atoms with Gasteiger partial charge >= 0.3 is 0 Å². The molecule has 2 aromatic carbocycles. The quantitative estimate of drug-likeness (QED) is 0.720. The van der Waals surface area contributed by atoms with Gasteiger partial charge in [0.2, 0.25) is 0 Å². The lowest BCUT2D eigenvalue weighted by Crippen LogP contribution is -2.19. The van der Waals surface area contributed by atoms with Gasteiger partial charge in [-0.3, -0.25) is 0 Å². The minimum Gasteiger partial charge on any atom is -0.356 e. The standard InChI is InChI=1S/C19H25N/c1-5-19(4,6-2)16-9-13-18(14-10-16)20-17-11-7-15(3)8-12-17/h7-14,20H,5-6H2,1-4H3. The molecular weight excluding hydrogens is 242 g/mol. The SMILES string of the molecule is CCC(C)(CC)c1ccc(Nc2ccc(C)cc2)cc1. The van der Waals surface area contributed by atoms with Crippen LogP contribution in [-0.4, -0.2) is 0 Å². The van der Waals surface area contributed by atoms with Crippen molar-refractivity contribution in [3.05, 3.63) is 59.7 Å². The first-order valence-electron chi connectivity index (χ1n) is 7.51. The van der Waals surface area contributed by atoms with Gasteiger partial charge in [0.25, 0.3) is 0 Å². The van der Waals surface area contributed by atoms with Crippen molar-refractivity contribution < 1.29 is 0 Å². The van der Waals surface area contributed by atoms with E-state index in [1.165, 1.54) is 24.0 Å². The lowest BCUT2D eigenvalue weighted by atomic mass is 9.78. The average Bonchev–Trinajstić information content (AvgIpc) is 2.49. The van der Waals surface area contributed by atoms with Crippen molar-refractivity contribution in [3.8, 4) is 0 Å². The summed E-state index contributed by atoms with van der Waals surface area (Å²) in [5.41, 5.74) is 5.29. The molecule has 0 atom stereocenters. The smallest absolute Gasteiger partial charge is 0.0384 e. The first-order chi connectivity index (χ1) is 9.57. The van der Waals surface area contributed by atoms with Crippen LogP contribution in [0.3, 0.4) is 0 Å². The summed E-state index contributed by atoms with van der Waals surface area (Å²) < 4.78 is 0. The Morgan fingerprint density at radius 3 is 1.70 bits per heavy atom. The van der Waals surface area contributed by atoms with E-state index in [9.17, 15) is 0 Å². The highest BCUT2D eigenvalue weighted by Gasteiger charge is 2.21. The Morgan fingerprint density at radius 2 is 1.25 bits per heavy atom. The van der Waals surface area contributed by atoms with Gasteiger partial charge in [0, 0.05) is 11.4 Å². The van der Waals surface area contributed by atoms with Gasteiger partial charge in [0.05, 0.1) is 0 Å². The van der Waals surface area contributed by atoms with Crippen LogP contribution in [0, 0.1) is 6.92 Å². The molecule has 0 saturated carbocycles. The maximum atomic E-state index is 3.45. The van der Waals surface area contributed by atoms with Gasteiger partial charge in [-0.1, -0.05) is 50.6 Å². The van der Waals surface area contributed by atoms with Crippen molar-refractivity contribution in [2.45, 2.75) is 46.0 Å². The van der Waals surface area contributed by atoms with E-state index in [-0.39, 0.29) is 0 Å². The lowest BCUT2D eigenvalue weighted by molar-refractivity contribution is 0.439. The molecule has 0 bridgehead atoms. The molecule has 0 saturated heterocycles. The summed E-state index contributed by atoms with van der Waals surface area (Å²) in [7, 11) is 0. The Kier molecular flexibility index (Phi) is 4.49. The van der Waals surface area contributed by atoms with Gasteiger partial charge < -0.3 is 5.32 Å². The highest BCUT2D eigenvalue weighted by Crippen LogP contribution is 2.31. The molecule has 0 spiro atoms. The fourth-order valence-electron chi connectivity index (χ4n) is 2.42. The number of aryl methyl sites for hydroxylation is 1. The fourth-order valence-corrected chi connectivity index (χ4v) is 2.42. The summed E-state index contributed by atoms with van der Waals surface area (Å²) in [5.74, 6) is 0. The molecule has 1 N–H and O–H groups in total. The zero-order valence-corrected chi connectivity index (χ0v) is 13.0. The molecule has 20 heavy (non-hydrogen) atoms. The van der Waals surface area contributed by atoms with Gasteiger partial charge in [-0.15, -0.1) is 0 Å². The average molecular weight is 267 g/mol. The minimum atomic E-state index is 0.294. The molecular formula is C19H25N. The monoisotopic (exact) mass is 267 g/mol. The van der Waals surface area contributed by atoms with Gasteiger partial charge in [-0.25, -0.2) is 0 Å². The van der Waals surface area contributed by atoms with Crippen molar-refractivity contribution in [1.82, 2.24) is 0 Å². The Morgan fingerprint density at radius 1 is 0.800 bits per heavy atom. The van der Waals surface area contributed by atoms with Crippen LogP contribution in [0.1, 0.15) is 44.7 Å². The summed E-state index contributed by atoms with van der Waals surface area (Å²) in [6.45, 7) is 8.98. The Balaban J connectivity index is 2.14. The van der Waals surface area contributed by atoms with Crippen LogP contribution in [0.5, 0.6) is 0 Å². The predicted octanol–water partition coefficient (Wildman–Crippen LogP) is 5.82. The number of rotatable bonds is 5. The van der Waals surface area contributed by atoms with E-state index in [0.29, 0.717) is 5.41 Å². The van der Waals surface area contributed by atoms with E-state index in [1.54, 1.807) is 0 Å². The number of nitrogens with one attached hydrogen (secondary N) is 1. The first kappa shape index (κ1) is 14.6. The van der Waals surface area contributed by atoms with Gasteiger partial charge in [0.1, 0.15) is 0 Å². The van der Waals surface area contributed by atoms with Crippen LogP contribution in [0.25, 0.3) is 0 Å². The maximum absolute atomic E-state index is 3.45. The van der Waals surface area contributed by atoms with E-state index in [4.69, 9.17) is 0 Å². The molecule has 0 aromatic heterocycles. The lowest BCUT2D eigenvalue weighted by Gasteiger charge is -2.27. The molecule has 0 heterocycles. The van der Waals surface area contributed by atoms with Crippen molar-refractivity contribution >= 4 is 11.4 Å². The molecule has 1 nitrogen and oxygen atoms in total. The molecule has 0 aliphatic rings. The first-order valence-corrected chi connectivity index (χ1v) is 7.51. The number of hydrogen-bond acceptors (Lipinski definition) is 1. The fraction of sp³-hybridized carbons (Fsp3) is 0.368. The molecule has 0 aliphatic carbocycles. The zero-order valence-electron chi connectivity index (χ0n) is 13.0. The number of hydrogen-bond donors (Lipinski definition) is 1. The van der Waals surface area contributed by atoms with Crippen LogP contribution < -0.4 is 5.32 Å². The molecule has 106 valence electrons. The van der Waals surface area contributed by atoms with Crippen molar-refractivity contribution in [3.63, 3.8) is 0 Å². The van der Waals surface area contributed by atoms with Gasteiger partial charge in [0.15, 0.2) is 0 Å². The second-order valence-corrected chi connectivity index (χ2v) is 5.84. The molecule has 0 radical (unpaired) electrons. The van der Waals surface area contributed by atoms with E-state index >= 15 is 0 Å². The Hall–Kier alpha value is -1.76. The Labute approximate surface area is 123 Å². The molecule has 0 fully saturated rings. The summed E-state index contributed by atoms with van der Waals surface area (Å²) >= 11 is 0. The highest BCUT2D eigenvalue weighted by molar-refractivity contribution is 5.60. The van der Waals surface area contributed by atoms with Crippen LogP contribution in [0.15, 0.2) is 48.5 Å². The second-order valence-electron chi connectivity index (χ2n) is 5.84. The molecule has 2 aromatic rings. The van der Waals surface area contributed by atoms with Crippen molar-refractivity contribution in [1.29, 1.82) is 0 Å². The summed E-state index contributed by atoms with van der Waals surface area (Å²) in [6, 6.07) is 17.4. The molecule has 0 unspecified atom stereocenters. The molecule has 2 rings (SSSR count). The summed E-state index contributed by atoms with van der Waals surface area (Å²) in [6.07, 6.45) is 2.35. The zero-order chi connectivity index (χ0) is 14.6. The summed E-state index contributed by atoms with van der Waals surface area (Å²) in [5, 5.41) is 3.45. The highest BCUT2D eigenvalue weighted by atomic mass is 14.9. The third kappa shape index (κ3) is 3.22. The topological polar surface area (TPSA) is 12.0 Å². The third-order valence-electron chi connectivity index (χ3n) is 4.48. The van der Waals surface area contributed by atoms with E-state index in [1.807, 2.05) is 0 Å². The normalized spacial score (nSPS) is 11.4. The van der Waals surface area contributed by atoms with Gasteiger partial charge in [-0.05, 0) is 55.0 Å². The van der Waals surface area contributed by atoms with Crippen molar-refractivity contribution in [2.24, 2.45) is 0 Å². The maximum Gasteiger partial charge on any atom is 0.0384 e. The Bertz CT molecular complexity index is 533. The van der Waals surface area contributed by atoms with Gasteiger partial charge in [-0.2, -0.15) is 0 Å². The minimum absolute atomic E-state index is 0.294.